The second kappa shape index (κ2) is 13.0. The number of halogens is 4. The van der Waals surface area contributed by atoms with E-state index in [1.807, 2.05) is 6.92 Å². The van der Waals surface area contributed by atoms with Crippen LogP contribution < -0.4 is 15.4 Å². The summed E-state index contributed by atoms with van der Waals surface area (Å²) in [5.41, 5.74) is 1.72. The molecule has 0 aliphatic heterocycles. The van der Waals surface area contributed by atoms with Crippen molar-refractivity contribution in [1.29, 1.82) is 0 Å². The van der Waals surface area contributed by atoms with Crippen molar-refractivity contribution in [2.24, 2.45) is 0 Å². The Morgan fingerprint density at radius 1 is 0.976 bits per heavy atom. The Kier molecular flexibility index (Phi) is 9.26. The first kappa shape index (κ1) is 29.2. The molecule has 2 heterocycles. The van der Waals surface area contributed by atoms with Gasteiger partial charge in [-0.2, -0.15) is 0 Å². The molecule has 15 heteroatoms. The number of aromatic nitrogens is 6. The molecule has 0 atom stereocenters. The fourth-order valence-electron chi connectivity index (χ4n) is 3.85. The van der Waals surface area contributed by atoms with Crippen molar-refractivity contribution in [2.75, 3.05) is 5.32 Å². The number of unbranched alkanes of at least 4 members (excludes halogenated alkanes) is 1. The molecule has 2 aromatic heterocycles. The third-order valence-corrected chi connectivity index (χ3v) is 5.74. The molecule has 41 heavy (non-hydrogen) atoms. The molecular weight excluding hydrogens is 548 g/mol. The van der Waals surface area contributed by atoms with Gasteiger partial charge >= 0.3 is 6.36 Å². The molecule has 0 unspecified atom stereocenters. The van der Waals surface area contributed by atoms with Crippen LogP contribution in [0.2, 0.25) is 0 Å². The fraction of sp³-hybridized carbons (Fsp3) is 0.308. The van der Waals surface area contributed by atoms with Gasteiger partial charge in [-0.1, -0.05) is 40.3 Å². The number of hydrogen-bond donors (Lipinski definition) is 2. The molecular formula is C26H26F4N8O3. The summed E-state index contributed by atoms with van der Waals surface area (Å²) in [5.74, 6) is -1.54. The third-order valence-electron chi connectivity index (χ3n) is 5.74. The van der Waals surface area contributed by atoms with Crippen LogP contribution in [0.4, 0.5) is 23.4 Å². The SMILES string of the molecule is Cc1ccc(F)c(CNC(=O)c2cn(CCCCn3cc(NC(=O)Cc4cccc(OC(F)(F)F)c4)nn3)nn2)c1. The minimum atomic E-state index is -4.82. The number of hydrogen-bond acceptors (Lipinski definition) is 7. The predicted octanol–water partition coefficient (Wildman–Crippen LogP) is 3.81. The topological polar surface area (TPSA) is 129 Å². The molecule has 0 saturated carbocycles. The van der Waals surface area contributed by atoms with Crippen LogP contribution in [-0.2, 0) is 30.8 Å². The molecule has 2 amide bonds. The minimum absolute atomic E-state index is 0.0314. The van der Waals surface area contributed by atoms with Crippen LogP contribution in [0.25, 0.3) is 0 Å². The molecule has 4 aromatic rings. The van der Waals surface area contributed by atoms with Gasteiger partial charge < -0.3 is 15.4 Å². The van der Waals surface area contributed by atoms with E-state index in [2.05, 4.69) is 36.0 Å². The Labute approximate surface area is 231 Å². The van der Waals surface area contributed by atoms with Crippen LogP contribution in [0.1, 0.15) is 40.0 Å². The lowest BCUT2D eigenvalue weighted by molar-refractivity contribution is -0.274. The van der Waals surface area contributed by atoms with Crippen molar-refractivity contribution in [3.63, 3.8) is 0 Å². The smallest absolute Gasteiger partial charge is 0.406 e. The average Bonchev–Trinajstić information content (AvgIpc) is 3.56. The highest BCUT2D eigenvalue weighted by Gasteiger charge is 2.31. The number of nitrogens with zero attached hydrogens (tertiary/aromatic N) is 6. The number of anilines is 1. The summed E-state index contributed by atoms with van der Waals surface area (Å²) in [6, 6.07) is 9.84. The van der Waals surface area contributed by atoms with Gasteiger partial charge in [-0.25, -0.2) is 4.39 Å². The van der Waals surface area contributed by atoms with E-state index in [0.29, 0.717) is 37.1 Å². The van der Waals surface area contributed by atoms with Crippen molar-refractivity contribution >= 4 is 17.6 Å². The minimum Gasteiger partial charge on any atom is -0.406 e. The fourth-order valence-corrected chi connectivity index (χ4v) is 3.85. The molecule has 0 spiro atoms. The van der Waals surface area contributed by atoms with Crippen LogP contribution in [-0.4, -0.2) is 48.2 Å². The maximum absolute atomic E-state index is 13.9. The van der Waals surface area contributed by atoms with E-state index in [4.69, 9.17) is 0 Å². The van der Waals surface area contributed by atoms with Crippen LogP contribution in [0.5, 0.6) is 5.75 Å². The molecule has 0 fully saturated rings. The number of benzene rings is 2. The summed E-state index contributed by atoms with van der Waals surface area (Å²) in [7, 11) is 0. The number of amides is 2. The quantitative estimate of drug-likeness (QED) is 0.195. The van der Waals surface area contributed by atoms with E-state index in [1.165, 1.54) is 40.0 Å². The lowest BCUT2D eigenvalue weighted by Crippen LogP contribution is -2.23. The standard InChI is InChI=1S/C26H26F4N8O3/c1-17-7-8-21(27)19(11-17)14-31-25(40)22-15-37(35-33-22)9-2-3-10-38-16-23(34-36-38)32-24(39)13-18-5-4-6-20(12-18)41-26(28,29)30/h4-8,11-12,15-16H,2-3,9-10,13-14H2,1H3,(H,31,40)(H,32,39). The van der Waals surface area contributed by atoms with E-state index in [9.17, 15) is 27.2 Å². The van der Waals surface area contributed by atoms with Gasteiger partial charge in [0.1, 0.15) is 11.6 Å². The van der Waals surface area contributed by atoms with Gasteiger partial charge in [0.2, 0.25) is 5.91 Å². The van der Waals surface area contributed by atoms with Crippen molar-refractivity contribution in [2.45, 2.75) is 52.2 Å². The Morgan fingerprint density at radius 2 is 1.71 bits per heavy atom. The highest BCUT2D eigenvalue weighted by Crippen LogP contribution is 2.23. The van der Waals surface area contributed by atoms with Gasteiger partial charge in [-0.05, 0) is 43.5 Å². The summed E-state index contributed by atoms with van der Waals surface area (Å²) < 4.78 is 58.0. The molecule has 0 saturated heterocycles. The zero-order chi connectivity index (χ0) is 29.4. The van der Waals surface area contributed by atoms with E-state index in [1.54, 1.807) is 12.1 Å². The van der Waals surface area contributed by atoms with Crippen LogP contribution in [0.3, 0.4) is 0 Å². The second-order valence-electron chi connectivity index (χ2n) is 9.14. The van der Waals surface area contributed by atoms with Gasteiger partial charge in [0.15, 0.2) is 11.5 Å². The maximum atomic E-state index is 13.9. The van der Waals surface area contributed by atoms with Crippen molar-refractivity contribution in [1.82, 2.24) is 35.3 Å². The van der Waals surface area contributed by atoms with Gasteiger partial charge in [-0.15, -0.1) is 23.4 Å². The molecule has 4 rings (SSSR count). The predicted molar refractivity (Wildman–Crippen MR) is 137 cm³/mol. The van der Waals surface area contributed by atoms with Crippen LogP contribution in [0.15, 0.2) is 54.9 Å². The molecule has 2 aromatic carbocycles. The van der Waals surface area contributed by atoms with Gasteiger partial charge in [0, 0.05) is 25.2 Å². The zero-order valence-corrected chi connectivity index (χ0v) is 21.9. The Balaban J connectivity index is 1.17. The van der Waals surface area contributed by atoms with Gasteiger partial charge in [0.25, 0.3) is 5.91 Å². The summed E-state index contributed by atoms with van der Waals surface area (Å²) in [6.45, 7) is 2.85. The summed E-state index contributed by atoms with van der Waals surface area (Å²) >= 11 is 0. The monoisotopic (exact) mass is 574 g/mol. The molecule has 0 bridgehead atoms. The lowest BCUT2D eigenvalue weighted by Gasteiger charge is -2.09. The van der Waals surface area contributed by atoms with Crippen molar-refractivity contribution in [3.05, 3.63) is 83.1 Å². The Hall–Kier alpha value is -4.82. The molecule has 0 aliphatic carbocycles. The molecule has 11 nitrogen and oxygen atoms in total. The Bertz CT molecular complexity index is 1500. The van der Waals surface area contributed by atoms with Crippen molar-refractivity contribution in [3.8, 4) is 5.75 Å². The second-order valence-corrected chi connectivity index (χ2v) is 9.14. The number of alkyl halides is 3. The summed E-state index contributed by atoms with van der Waals surface area (Å²) in [4.78, 5) is 24.6. The first-order valence-electron chi connectivity index (χ1n) is 12.5. The summed E-state index contributed by atoms with van der Waals surface area (Å²) in [5, 5.41) is 20.8. The van der Waals surface area contributed by atoms with Crippen LogP contribution in [0, 0.1) is 12.7 Å². The highest BCUT2D eigenvalue weighted by atomic mass is 19.4. The van der Waals surface area contributed by atoms with Crippen LogP contribution >= 0.6 is 0 Å². The maximum Gasteiger partial charge on any atom is 0.573 e. The normalized spacial score (nSPS) is 11.3. The first-order chi connectivity index (χ1) is 19.5. The Morgan fingerprint density at radius 3 is 2.46 bits per heavy atom. The number of rotatable bonds is 12. The van der Waals surface area contributed by atoms with Gasteiger partial charge in [0.05, 0.1) is 18.8 Å². The average molecular weight is 575 g/mol. The van der Waals surface area contributed by atoms with E-state index < -0.39 is 29.7 Å². The molecule has 2 N–H and O–H groups in total. The number of nitrogens with one attached hydrogen (secondary N) is 2. The van der Waals surface area contributed by atoms with Crippen molar-refractivity contribution < 1.29 is 31.9 Å². The molecule has 0 aliphatic rings. The first-order valence-corrected chi connectivity index (χ1v) is 12.5. The lowest BCUT2D eigenvalue weighted by atomic mass is 10.1. The zero-order valence-electron chi connectivity index (χ0n) is 21.9. The summed E-state index contributed by atoms with van der Waals surface area (Å²) in [6.07, 6.45) is -0.596. The number of carbonyl (C=O) groups is 2. The van der Waals surface area contributed by atoms with E-state index in [0.717, 1.165) is 17.7 Å². The highest BCUT2D eigenvalue weighted by molar-refractivity contribution is 5.92. The van der Waals surface area contributed by atoms with E-state index in [-0.39, 0.29) is 24.5 Å². The largest absolute Gasteiger partial charge is 0.573 e. The number of aryl methyl sites for hydroxylation is 3. The third kappa shape index (κ3) is 9.12. The van der Waals surface area contributed by atoms with E-state index >= 15 is 0 Å². The van der Waals surface area contributed by atoms with Gasteiger partial charge in [-0.3, -0.25) is 19.0 Å². The molecule has 216 valence electrons. The number of ether oxygens (including phenoxy) is 1. The number of carbonyl (C=O) groups excluding carboxylic acids is 2. The molecule has 0 radical (unpaired) electrons.